The third-order valence-corrected chi connectivity index (χ3v) is 10.7. The number of hydrogen-bond donors (Lipinski definition) is 0. The van der Waals surface area contributed by atoms with Gasteiger partial charge in [-0.3, -0.25) is 0 Å². The van der Waals surface area contributed by atoms with Gasteiger partial charge in [0.25, 0.3) is 0 Å². The van der Waals surface area contributed by atoms with Crippen LogP contribution in [0.25, 0.3) is 106 Å². The average molecular weight is 717 g/mol. The molecule has 56 heavy (non-hydrogen) atoms. The minimum atomic E-state index is 0.590. The molecule has 0 bridgehead atoms. The molecule has 11 aromatic rings. The van der Waals surface area contributed by atoms with Crippen LogP contribution in [-0.4, -0.2) is 19.5 Å². The van der Waals surface area contributed by atoms with Gasteiger partial charge in [-0.2, -0.15) is 0 Å². The topological polar surface area (TPSA) is 56.7 Å². The average Bonchev–Trinajstić information content (AvgIpc) is 3.83. The molecule has 0 aliphatic carbocycles. The Morgan fingerprint density at radius 1 is 0.357 bits per heavy atom. The lowest BCUT2D eigenvalue weighted by Crippen LogP contribution is -2.00. The highest BCUT2D eigenvalue weighted by Crippen LogP contribution is 2.43. The van der Waals surface area contributed by atoms with Crippen LogP contribution >= 0.6 is 0 Å². The first-order valence-electron chi connectivity index (χ1n) is 18.8. The number of fused-ring (bicyclic) bond motifs is 6. The second-order valence-electron chi connectivity index (χ2n) is 14.0. The van der Waals surface area contributed by atoms with E-state index in [1.807, 2.05) is 60.7 Å². The van der Waals surface area contributed by atoms with Crippen LogP contribution in [0.15, 0.2) is 199 Å². The summed E-state index contributed by atoms with van der Waals surface area (Å²) in [4.78, 5) is 14.8. The molecular formula is C51H32N4O. The van der Waals surface area contributed by atoms with E-state index in [9.17, 15) is 0 Å². The summed E-state index contributed by atoms with van der Waals surface area (Å²) in [6.45, 7) is 0. The zero-order valence-electron chi connectivity index (χ0n) is 30.2. The summed E-state index contributed by atoms with van der Waals surface area (Å²) in [5, 5.41) is 4.55. The molecular weight excluding hydrogens is 685 g/mol. The normalized spacial score (nSPS) is 11.6. The summed E-state index contributed by atoms with van der Waals surface area (Å²) >= 11 is 0. The van der Waals surface area contributed by atoms with Crippen molar-refractivity contribution in [1.82, 2.24) is 19.5 Å². The fourth-order valence-electron chi connectivity index (χ4n) is 8.12. The molecule has 262 valence electrons. The molecule has 3 aromatic heterocycles. The quantitative estimate of drug-likeness (QED) is 0.172. The minimum Gasteiger partial charge on any atom is -0.455 e. The van der Waals surface area contributed by atoms with E-state index in [1.54, 1.807) is 0 Å². The lowest BCUT2D eigenvalue weighted by Gasteiger charge is -2.14. The zero-order valence-corrected chi connectivity index (χ0v) is 30.2. The molecule has 0 fully saturated rings. The lowest BCUT2D eigenvalue weighted by atomic mass is 9.99. The van der Waals surface area contributed by atoms with E-state index in [-0.39, 0.29) is 0 Å². The molecule has 3 heterocycles. The van der Waals surface area contributed by atoms with E-state index < -0.39 is 0 Å². The van der Waals surface area contributed by atoms with Crippen LogP contribution in [-0.2, 0) is 0 Å². The molecule has 0 saturated heterocycles. The Kier molecular flexibility index (Phi) is 7.42. The number of furan rings is 1. The highest BCUT2D eigenvalue weighted by Gasteiger charge is 2.21. The molecule has 0 amide bonds. The molecule has 5 nitrogen and oxygen atoms in total. The van der Waals surface area contributed by atoms with Crippen molar-refractivity contribution >= 4 is 43.7 Å². The van der Waals surface area contributed by atoms with Crippen molar-refractivity contribution in [2.24, 2.45) is 0 Å². The molecule has 0 unspecified atom stereocenters. The van der Waals surface area contributed by atoms with Crippen LogP contribution in [0.1, 0.15) is 0 Å². The van der Waals surface area contributed by atoms with E-state index in [0.29, 0.717) is 17.5 Å². The van der Waals surface area contributed by atoms with Gasteiger partial charge in [0.05, 0.1) is 16.7 Å². The predicted octanol–water partition coefficient (Wildman–Crippen LogP) is 13.2. The van der Waals surface area contributed by atoms with Gasteiger partial charge in [-0.25, -0.2) is 15.0 Å². The molecule has 0 radical (unpaired) electrons. The van der Waals surface area contributed by atoms with Crippen molar-refractivity contribution < 1.29 is 4.42 Å². The largest absolute Gasteiger partial charge is 0.455 e. The summed E-state index contributed by atoms with van der Waals surface area (Å²) in [7, 11) is 0. The summed E-state index contributed by atoms with van der Waals surface area (Å²) in [6, 6.07) is 67.4. The first-order chi connectivity index (χ1) is 27.8. The van der Waals surface area contributed by atoms with Gasteiger partial charge in [-0.1, -0.05) is 164 Å². The molecule has 0 N–H and O–H groups in total. The molecule has 0 saturated carbocycles. The number of hydrogen-bond acceptors (Lipinski definition) is 4. The second-order valence-corrected chi connectivity index (χ2v) is 14.0. The summed E-state index contributed by atoms with van der Waals surface area (Å²) in [5.41, 5.74) is 12.3. The maximum atomic E-state index is 6.87. The fraction of sp³-hybridized carbons (Fsp3) is 0. The number of rotatable bonds is 6. The first-order valence-corrected chi connectivity index (χ1v) is 18.8. The Morgan fingerprint density at radius 3 is 1.62 bits per heavy atom. The van der Waals surface area contributed by atoms with E-state index in [0.717, 1.165) is 66.5 Å². The van der Waals surface area contributed by atoms with Gasteiger partial charge < -0.3 is 8.98 Å². The molecule has 11 rings (SSSR count). The standard InChI is InChI=1S/C51H32N4O/c1-4-16-33(17-5-1)37-24-15-29-45-47(37)42-23-11-13-28-44(42)55(45)43-27-12-10-22-38(43)40-25-14-26-41-39-31-30-36(32-46(39)56-48(40)41)51-53-49(34-18-6-2-7-19-34)52-50(54-51)35-20-8-3-9-21-35/h1-32H. The Morgan fingerprint density at radius 2 is 0.893 bits per heavy atom. The molecule has 0 atom stereocenters. The van der Waals surface area contributed by atoms with Crippen molar-refractivity contribution in [3.05, 3.63) is 194 Å². The molecule has 0 aliphatic heterocycles. The first kappa shape index (κ1) is 31.9. The number of para-hydroxylation sites is 3. The van der Waals surface area contributed by atoms with Crippen molar-refractivity contribution in [2.45, 2.75) is 0 Å². The molecule has 0 aliphatic rings. The van der Waals surface area contributed by atoms with E-state index >= 15 is 0 Å². The van der Waals surface area contributed by atoms with Crippen LogP contribution in [0.3, 0.4) is 0 Å². The van der Waals surface area contributed by atoms with Crippen LogP contribution in [0, 0.1) is 0 Å². The number of nitrogens with zero attached hydrogens (tertiary/aromatic N) is 4. The van der Waals surface area contributed by atoms with Crippen LogP contribution < -0.4 is 0 Å². The number of aromatic nitrogens is 4. The third-order valence-electron chi connectivity index (χ3n) is 10.7. The van der Waals surface area contributed by atoms with Crippen LogP contribution in [0.4, 0.5) is 0 Å². The van der Waals surface area contributed by atoms with E-state index in [4.69, 9.17) is 19.4 Å². The van der Waals surface area contributed by atoms with Gasteiger partial charge in [-0.05, 0) is 41.5 Å². The Bertz CT molecular complexity index is 3180. The summed E-state index contributed by atoms with van der Waals surface area (Å²) in [5.74, 6) is 1.84. The Labute approximate surface area is 322 Å². The third kappa shape index (κ3) is 5.21. The zero-order chi connectivity index (χ0) is 37.0. The van der Waals surface area contributed by atoms with Crippen molar-refractivity contribution in [1.29, 1.82) is 0 Å². The lowest BCUT2D eigenvalue weighted by molar-refractivity contribution is 0.670. The Balaban J connectivity index is 1.09. The van der Waals surface area contributed by atoms with Gasteiger partial charge in [0.1, 0.15) is 11.2 Å². The van der Waals surface area contributed by atoms with Crippen molar-refractivity contribution in [3.63, 3.8) is 0 Å². The molecule has 8 aromatic carbocycles. The van der Waals surface area contributed by atoms with Gasteiger partial charge in [0, 0.05) is 49.4 Å². The second kappa shape index (κ2) is 13.0. The van der Waals surface area contributed by atoms with Gasteiger partial charge >= 0.3 is 0 Å². The minimum absolute atomic E-state index is 0.590. The maximum absolute atomic E-state index is 6.87. The van der Waals surface area contributed by atoms with Gasteiger partial charge in [0.15, 0.2) is 17.5 Å². The predicted molar refractivity (Wildman–Crippen MR) is 229 cm³/mol. The van der Waals surface area contributed by atoms with Crippen LogP contribution in [0.2, 0.25) is 0 Å². The fourth-order valence-corrected chi connectivity index (χ4v) is 8.12. The van der Waals surface area contributed by atoms with Crippen molar-refractivity contribution in [3.8, 4) is 62.1 Å². The van der Waals surface area contributed by atoms with E-state index in [1.165, 1.54) is 21.9 Å². The highest BCUT2D eigenvalue weighted by molar-refractivity contribution is 6.16. The molecule has 5 heteroatoms. The van der Waals surface area contributed by atoms with Crippen LogP contribution in [0.5, 0.6) is 0 Å². The van der Waals surface area contributed by atoms with E-state index in [2.05, 4.69) is 138 Å². The number of benzene rings is 8. The monoisotopic (exact) mass is 716 g/mol. The smallest absolute Gasteiger partial charge is 0.164 e. The van der Waals surface area contributed by atoms with Gasteiger partial charge in [0.2, 0.25) is 0 Å². The van der Waals surface area contributed by atoms with Gasteiger partial charge in [-0.15, -0.1) is 0 Å². The van der Waals surface area contributed by atoms with Crippen molar-refractivity contribution in [2.75, 3.05) is 0 Å². The summed E-state index contributed by atoms with van der Waals surface area (Å²) < 4.78 is 9.28. The highest BCUT2D eigenvalue weighted by atomic mass is 16.3. The summed E-state index contributed by atoms with van der Waals surface area (Å²) in [6.07, 6.45) is 0. The maximum Gasteiger partial charge on any atom is 0.164 e. The SMILES string of the molecule is c1ccc(-c2nc(-c3ccccc3)nc(-c3ccc4c(c3)oc3c(-c5ccccc5-n5c6ccccc6c6c(-c7ccccc7)cccc65)cccc34)n2)cc1. The Hall–Kier alpha value is -7.63. The molecule has 0 spiro atoms.